The molecule has 0 saturated heterocycles. The zero-order chi connectivity index (χ0) is 25.8. The largest absolute Gasteiger partial charge is 0.435 e. The van der Waals surface area contributed by atoms with Crippen LogP contribution >= 0.6 is 0 Å². The van der Waals surface area contributed by atoms with Crippen molar-refractivity contribution in [1.29, 1.82) is 0 Å². The van der Waals surface area contributed by atoms with E-state index in [-0.39, 0.29) is 16.3 Å². The Hall–Kier alpha value is -4.06. The molecule has 9 nitrogen and oxygen atoms in total. The first kappa shape index (κ1) is 25.6. The standard InChI is InChI=1S/C23H22F2N4O5S/c1-14-4-10-20(15(2)12-14)28-35(32,33)22-13-18(29(30)31)7-11-21(22)27-26-16(3)17-5-8-19(9-6-17)34-23(24)25/h4-13,23,27-28H,1-3H3/b26-16-. The van der Waals surface area contributed by atoms with Crippen LogP contribution in [0.2, 0.25) is 0 Å². The summed E-state index contributed by atoms with van der Waals surface area (Å²) in [5.41, 5.74) is 5.14. The van der Waals surface area contributed by atoms with Gasteiger partial charge in [0, 0.05) is 12.1 Å². The molecule has 0 aliphatic rings. The number of nitrogens with zero attached hydrogens (tertiary/aromatic N) is 2. The van der Waals surface area contributed by atoms with Crippen LogP contribution in [0.5, 0.6) is 5.75 Å². The Kier molecular flexibility index (Phi) is 7.65. The van der Waals surface area contributed by atoms with E-state index in [2.05, 4.69) is 20.0 Å². The average Bonchev–Trinajstić information content (AvgIpc) is 2.79. The Balaban J connectivity index is 1.93. The van der Waals surface area contributed by atoms with Crippen molar-refractivity contribution in [3.05, 3.63) is 87.5 Å². The number of aryl methyl sites for hydroxylation is 2. The first-order valence-corrected chi connectivity index (χ1v) is 11.7. The first-order chi connectivity index (χ1) is 16.5. The van der Waals surface area contributed by atoms with Gasteiger partial charge < -0.3 is 4.74 Å². The Bertz CT molecular complexity index is 1380. The van der Waals surface area contributed by atoms with E-state index in [4.69, 9.17) is 0 Å². The van der Waals surface area contributed by atoms with Gasteiger partial charge in [-0.25, -0.2) is 8.42 Å². The summed E-state index contributed by atoms with van der Waals surface area (Å²) in [6.07, 6.45) is 0. The molecule has 0 heterocycles. The number of non-ortho nitro benzene ring substituents is 1. The lowest BCUT2D eigenvalue weighted by Gasteiger charge is -2.14. The van der Waals surface area contributed by atoms with Gasteiger partial charge in [0.15, 0.2) is 0 Å². The number of nitro benzene ring substituents is 1. The molecule has 0 fully saturated rings. The van der Waals surface area contributed by atoms with Crippen molar-refractivity contribution >= 4 is 32.8 Å². The Morgan fingerprint density at radius 1 is 1.03 bits per heavy atom. The number of sulfonamides is 1. The van der Waals surface area contributed by atoms with Crippen molar-refractivity contribution in [2.75, 3.05) is 10.1 Å². The number of nitrogens with one attached hydrogen (secondary N) is 2. The van der Waals surface area contributed by atoms with E-state index in [0.717, 1.165) is 17.7 Å². The molecule has 0 radical (unpaired) electrons. The van der Waals surface area contributed by atoms with Crippen molar-refractivity contribution in [2.45, 2.75) is 32.3 Å². The van der Waals surface area contributed by atoms with E-state index in [1.807, 2.05) is 6.92 Å². The average molecular weight is 505 g/mol. The molecule has 3 rings (SSSR count). The molecule has 35 heavy (non-hydrogen) atoms. The van der Waals surface area contributed by atoms with Crippen LogP contribution in [0.15, 0.2) is 70.7 Å². The number of benzene rings is 3. The highest BCUT2D eigenvalue weighted by atomic mass is 32.2. The van der Waals surface area contributed by atoms with E-state index < -0.39 is 27.2 Å². The smallest absolute Gasteiger partial charge is 0.387 e. The van der Waals surface area contributed by atoms with E-state index in [0.29, 0.717) is 22.5 Å². The van der Waals surface area contributed by atoms with E-state index in [1.54, 1.807) is 32.0 Å². The fraction of sp³-hybridized carbons (Fsp3) is 0.174. The van der Waals surface area contributed by atoms with Crippen LogP contribution in [0, 0.1) is 24.0 Å². The number of ether oxygens (including phenoxy) is 1. The van der Waals surface area contributed by atoms with Gasteiger partial charge in [-0.2, -0.15) is 13.9 Å². The SMILES string of the molecule is C/C(=N/Nc1ccc([N+](=O)[O-])cc1S(=O)(=O)Nc1ccc(C)cc1C)c1ccc(OC(F)F)cc1. The van der Waals surface area contributed by atoms with Gasteiger partial charge in [0.2, 0.25) is 0 Å². The highest BCUT2D eigenvalue weighted by molar-refractivity contribution is 7.92. The van der Waals surface area contributed by atoms with Gasteiger partial charge in [-0.15, -0.1) is 0 Å². The maximum Gasteiger partial charge on any atom is 0.387 e. The molecular weight excluding hydrogens is 482 g/mol. The quantitative estimate of drug-likeness (QED) is 0.227. The molecule has 0 aliphatic heterocycles. The number of alkyl halides is 2. The lowest BCUT2D eigenvalue weighted by atomic mass is 10.1. The highest BCUT2D eigenvalue weighted by Crippen LogP contribution is 2.29. The van der Waals surface area contributed by atoms with Gasteiger partial charge in [0.25, 0.3) is 15.7 Å². The predicted octanol–water partition coefficient (Wildman–Crippen LogP) is 5.45. The number of nitro groups is 1. The van der Waals surface area contributed by atoms with Crippen LogP contribution in [0.1, 0.15) is 23.6 Å². The minimum Gasteiger partial charge on any atom is -0.435 e. The molecule has 0 unspecified atom stereocenters. The second kappa shape index (κ2) is 10.5. The summed E-state index contributed by atoms with van der Waals surface area (Å²) < 4.78 is 57.8. The van der Waals surface area contributed by atoms with Crippen molar-refractivity contribution < 1.29 is 26.9 Å². The fourth-order valence-corrected chi connectivity index (χ4v) is 4.46. The molecule has 3 aromatic rings. The third kappa shape index (κ3) is 6.51. The van der Waals surface area contributed by atoms with Crippen molar-refractivity contribution in [3.63, 3.8) is 0 Å². The molecule has 0 aromatic heterocycles. The molecule has 0 atom stereocenters. The van der Waals surface area contributed by atoms with Crippen LogP contribution in [0.3, 0.4) is 0 Å². The summed E-state index contributed by atoms with van der Waals surface area (Å²) in [4.78, 5) is 10.2. The molecule has 0 spiro atoms. The van der Waals surface area contributed by atoms with Crippen molar-refractivity contribution in [1.82, 2.24) is 0 Å². The first-order valence-electron chi connectivity index (χ1n) is 10.2. The van der Waals surface area contributed by atoms with Gasteiger partial charge in [-0.1, -0.05) is 17.7 Å². The van der Waals surface area contributed by atoms with Gasteiger partial charge in [-0.3, -0.25) is 20.3 Å². The molecule has 0 aliphatic carbocycles. The minimum absolute atomic E-state index is 0.00451. The summed E-state index contributed by atoms with van der Waals surface area (Å²) in [5, 5.41) is 15.4. The Morgan fingerprint density at radius 2 is 1.69 bits per heavy atom. The maximum atomic E-state index is 13.2. The number of hydrazone groups is 1. The number of anilines is 2. The van der Waals surface area contributed by atoms with Gasteiger partial charge in [-0.05, 0) is 68.3 Å². The summed E-state index contributed by atoms with van der Waals surface area (Å²) >= 11 is 0. The highest BCUT2D eigenvalue weighted by Gasteiger charge is 2.23. The van der Waals surface area contributed by atoms with E-state index >= 15 is 0 Å². The van der Waals surface area contributed by atoms with E-state index in [9.17, 15) is 27.3 Å². The molecule has 184 valence electrons. The van der Waals surface area contributed by atoms with Gasteiger partial charge in [0.05, 0.1) is 22.0 Å². The molecule has 0 saturated carbocycles. The summed E-state index contributed by atoms with van der Waals surface area (Å²) in [6.45, 7) is 2.27. The van der Waals surface area contributed by atoms with Crippen LogP contribution in [0.25, 0.3) is 0 Å². The molecule has 2 N–H and O–H groups in total. The lowest BCUT2D eigenvalue weighted by molar-refractivity contribution is -0.385. The maximum absolute atomic E-state index is 13.2. The molecule has 12 heteroatoms. The van der Waals surface area contributed by atoms with Gasteiger partial charge >= 0.3 is 6.61 Å². The monoisotopic (exact) mass is 504 g/mol. The second-order valence-corrected chi connectivity index (χ2v) is 9.22. The molecule has 0 bridgehead atoms. The molecular formula is C23H22F2N4O5S. The Labute approximate surface area is 200 Å². The number of rotatable bonds is 9. The van der Waals surface area contributed by atoms with Crippen LogP contribution in [-0.2, 0) is 10.0 Å². The normalized spacial score (nSPS) is 11.9. The third-order valence-corrected chi connectivity index (χ3v) is 6.34. The zero-order valence-electron chi connectivity index (χ0n) is 19.0. The Morgan fingerprint density at radius 3 is 2.29 bits per heavy atom. The predicted molar refractivity (Wildman–Crippen MR) is 129 cm³/mol. The summed E-state index contributed by atoms with van der Waals surface area (Å²) in [5.74, 6) is -0.0225. The number of hydrogen-bond acceptors (Lipinski definition) is 7. The van der Waals surface area contributed by atoms with Crippen LogP contribution in [-0.4, -0.2) is 25.7 Å². The minimum atomic E-state index is -4.24. The van der Waals surface area contributed by atoms with E-state index in [1.165, 1.54) is 30.3 Å². The number of halogens is 2. The molecule has 0 amide bonds. The summed E-state index contributed by atoms with van der Waals surface area (Å²) in [7, 11) is -4.24. The third-order valence-electron chi connectivity index (χ3n) is 4.93. The summed E-state index contributed by atoms with van der Waals surface area (Å²) in [6, 6.07) is 14.2. The van der Waals surface area contributed by atoms with Crippen LogP contribution in [0.4, 0.5) is 25.8 Å². The lowest BCUT2D eigenvalue weighted by Crippen LogP contribution is -2.16. The fourth-order valence-electron chi connectivity index (χ4n) is 3.15. The zero-order valence-corrected chi connectivity index (χ0v) is 19.8. The van der Waals surface area contributed by atoms with Crippen LogP contribution < -0.4 is 14.9 Å². The van der Waals surface area contributed by atoms with Crippen molar-refractivity contribution in [2.24, 2.45) is 5.10 Å². The van der Waals surface area contributed by atoms with Gasteiger partial charge in [0.1, 0.15) is 10.6 Å². The van der Waals surface area contributed by atoms with Crippen molar-refractivity contribution in [3.8, 4) is 5.75 Å². The number of hydrogen-bond donors (Lipinski definition) is 2. The molecule has 3 aromatic carbocycles. The topological polar surface area (TPSA) is 123 Å². The second-order valence-electron chi connectivity index (χ2n) is 7.57.